The highest BCUT2D eigenvalue weighted by Gasteiger charge is 2.32. The Balaban J connectivity index is 3.17. The van der Waals surface area contributed by atoms with Crippen LogP contribution >= 0.6 is 0 Å². The number of allylic oxidation sites excluding steroid dienone is 1. The van der Waals surface area contributed by atoms with Gasteiger partial charge in [-0.15, -0.1) is 6.58 Å². The van der Waals surface area contributed by atoms with E-state index in [-0.39, 0.29) is 18.0 Å². The standard InChI is InChI=1S/C17H30N2O/c1-8-13(4)19(7)17-14(5)12(3)10-18-15(6)11(2)9-16(17)20/h8-9,11-14,17,20H,1,10H2,2-7H3/b16-9+,18-15-/t11?,12-,13?,14-,17?/m1/s1. The lowest BCUT2D eigenvalue weighted by atomic mass is 9.86. The summed E-state index contributed by atoms with van der Waals surface area (Å²) < 4.78 is 0. The average Bonchev–Trinajstić information content (AvgIpc) is 2.44. The van der Waals surface area contributed by atoms with E-state index in [0.717, 1.165) is 12.3 Å². The molecule has 1 aliphatic rings. The van der Waals surface area contributed by atoms with E-state index in [1.54, 1.807) is 0 Å². The molecular weight excluding hydrogens is 248 g/mol. The highest BCUT2D eigenvalue weighted by atomic mass is 16.3. The molecule has 3 heteroatoms. The van der Waals surface area contributed by atoms with Gasteiger partial charge in [-0.2, -0.15) is 0 Å². The predicted octanol–water partition coefficient (Wildman–Crippen LogP) is 3.69. The van der Waals surface area contributed by atoms with Crippen molar-refractivity contribution in [2.24, 2.45) is 22.7 Å². The van der Waals surface area contributed by atoms with E-state index in [0.29, 0.717) is 17.6 Å². The second-order valence-electron chi connectivity index (χ2n) is 6.29. The normalized spacial score (nSPS) is 38.8. The predicted molar refractivity (Wildman–Crippen MR) is 87.4 cm³/mol. The van der Waals surface area contributed by atoms with Gasteiger partial charge in [-0.25, -0.2) is 0 Å². The molecule has 0 aliphatic carbocycles. The maximum absolute atomic E-state index is 10.6. The largest absolute Gasteiger partial charge is 0.511 e. The number of aliphatic imine (C=N–C) groups is 1. The van der Waals surface area contributed by atoms with Crippen LogP contribution in [0.4, 0.5) is 0 Å². The molecule has 1 heterocycles. The van der Waals surface area contributed by atoms with Crippen LogP contribution in [0.2, 0.25) is 0 Å². The fourth-order valence-corrected chi connectivity index (χ4v) is 2.65. The van der Waals surface area contributed by atoms with Crippen molar-refractivity contribution in [3.05, 3.63) is 24.5 Å². The van der Waals surface area contributed by atoms with Crippen molar-refractivity contribution in [2.45, 2.75) is 46.7 Å². The Hall–Kier alpha value is -1.09. The third kappa shape index (κ3) is 3.72. The summed E-state index contributed by atoms with van der Waals surface area (Å²) in [7, 11) is 2.06. The fourth-order valence-electron chi connectivity index (χ4n) is 2.65. The van der Waals surface area contributed by atoms with Gasteiger partial charge in [0.2, 0.25) is 0 Å². The summed E-state index contributed by atoms with van der Waals surface area (Å²) in [5.41, 5.74) is 1.09. The van der Waals surface area contributed by atoms with Gasteiger partial charge < -0.3 is 5.11 Å². The smallest absolute Gasteiger partial charge is 0.106 e. The number of hydrogen-bond acceptors (Lipinski definition) is 3. The lowest BCUT2D eigenvalue weighted by Crippen LogP contribution is -2.45. The molecule has 0 saturated heterocycles. The topological polar surface area (TPSA) is 35.8 Å². The molecule has 0 fully saturated rings. The van der Waals surface area contributed by atoms with Crippen LogP contribution in [-0.2, 0) is 0 Å². The molecule has 0 saturated carbocycles. The van der Waals surface area contributed by atoms with Gasteiger partial charge in [0.1, 0.15) is 5.76 Å². The van der Waals surface area contributed by atoms with Gasteiger partial charge >= 0.3 is 0 Å². The van der Waals surface area contributed by atoms with Crippen molar-refractivity contribution < 1.29 is 5.11 Å². The Bertz CT molecular complexity index is 400. The Kier molecular flexibility index (Phi) is 6.00. The molecule has 1 rings (SSSR count). The zero-order valence-corrected chi connectivity index (χ0v) is 13.8. The third-order valence-corrected chi connectivity index (χ3v) is 4.83. The molecule has 1 N–H and O–H groups in total. The maximum Gasteiger partial charge on any atom is 0.106 e. The molecule has 5 atom stereocenters. The summed E-state index contributed by atoms with van der Waals surface area (Å²) in [4.78, 5) is 6.87. The van der Waals surface area contributed by atoms with Crippen molar-refractivity contribution in [2.75, 3.05) is 13.6 Å². The monoisotopic (exact) mass is 278 g/mol. The molecule has 0 aromatic carbocycles. The first kappa shape index (κ1) is 17.0. The molecule has 114 valence electrons. The minimum atomic E-state index is 0.0153. The molecule has 0 bridgehead atoms. The number of nitrogens with zero attached hydrogens (tertiary/aromatic N) is 2. The van der Waals surface area contributed by atoms with E-state index in [4.69, 9.17) is 0 Å². The number of hydrogen-bond donors (Lipinski definition) is 1. The molecule has 1 aliphatic heterocycles. The summed E-state index contributed by atoms with van der Waals surface area (Å²) in [6, 6.07) is 0.241. The Morgan fingerprint density at radius 3 is 2.60 bits per heavy atom. The van der Waals surface area contributed by atoms with E-state index >= 15 is 0 Å². The van der Waals surface area contributed by atoms with Crippen LogP contribution in [-0.4, -0.2) is 41.4 Å². The lowest BCUT2D eigenvalue weighted by molar-refractivity contribution is 0.118. The van der Waals surface area contributed by atoms with Gasteiger partial charge in [-0.3, -0.25) is 9.89 Å². The molecule has 0 aromatic heterocycles. The number of likely N-dealkylation sites (N-methyl/N-ethyl adjacent to an activating group) is 1. The Morgan fingerprint density at radius 2 is 2.05 bits per heavy atom. The molecule has 0 spiro atoms. The van der Waals surface area contributed by atoms with Crippen LogP contribution in [0.3, 0.4) is 0 Å². The first-order valence-corrected chi connectivity index (χ1v) is 7.55. The zero-order valence-electron chi connectivity index (χ0n) is 13.8. The number of aliphatic hydroxyl groups is 1. The third-order valence-electron chi connectivity index (χ3n) is 4.83. The van der Waals surface area contributed by atoms with Crippen LogP contribution in [0.1, 0.15) is 34.6 Å². The van der Waals surface area contributed by atoms with Gasteiger partial charge in [0.05, 0.1) is 6.04 Å². The van der Waals surface area contributed by atoms with E-state index in [9.17, 15) is 5.11 Å². The van der Waals surface area contributed by atoms with Gasteiger partial charge in [0.15, 0.2) is 0 Å². The summed E-state index contributed by atoms with van der Waals surface area (Å²) in [5, 5.41) is 10.6. The highest BCUT2D eigenvalue weighted by Crippen LogP contribution is 2.28. The van der Waals surface area contributed by atoms with E-state index in [1.165, 1.54) is 0 Å². The molecule has 0 aromatic rings. The van der Waals surface area contributed by atoms with Gasteiger partial charge in [0, 0.05) is 24.2 Å². The molecule has 0 amide bonds. The van der Waals surface area contributed by atoms with E-state index in [2.05, 4.69) is 51.2 Å². The van der Waals surface area contributed by atoms with Crippen LogP contribution in [0.25, 0.3) is 0 Å². The molecule has 3 nitrogen and oxygen atoms in total. The van der Waals surface area contributed by atoms with E-state index in [1.807, 2.05) is 19.1 Å². The number of rotatable bonds is 3. The molecule has 0 radical (unpaired) electrons. The first-order valence-electron chi connectivity index (χ1n) is 7.55. The summed E-state index contributed by atoms with van der Waals surface area (Å²) >= 11 is 0. The van der Waals surface area contributed by atoms with Gasteiger partial charge in [-0.1, -0.05) is 26.8 Å². The zero-order chi connectivity index (χ0) is 15.4. The SMILES string of the molecule is C=CC(C)N(C)C1/C(O)=C\C(C)/C(C)=N\C[C@@H](C)[C@H]1C. The van der Waals surface area contributed by atoms with Crippen molar-refractivity contribution in [3.8, 4) is 0 Å². The minimum absolute atomic E-state index is 0.0153. The van der Waals surface area contributed by atoms with Crippen LogP contribution in [0, 0.1) is 17.8 Å². The Labute approximate surface area is 124 Å². The van der Waals surface area contributed by atoms with Crippen LogP contribution < -0.4 is 0 Å². The second kappa shape index (κ2) is 7.07. The highest BCUT2D eigenvalue weighted by molar-refractivity contribution is 5.85. The molecule has 20 heavy (non-hydrogen) atoms. The maximum atomic E-state index is 10.6. The quantitative estimate of drug-likeness (QED) is 0.799. The first-order chi connectivity index (χ1) is 9.29. The molecular formula is C17H30N2O. The second-order valence-corrected chi connectivity index (χ2v) is 6.29. The fraction of sp³-hybridized carbons (Fsp3) is 0.706. The molecule has 3 unspecified atom stereocenters. The van der Waals surface area contributed by atoms with Crippen molar-refractivity contribution >= 4 is 5.71 Å². The summed E-state index contributed by atoms with van der Waals surface area (Å²) in [5.74, 6) is 1.41. The Morgan fingerprint density at radius 1 is 1.45 bits per heavy atom. The number of aliphatic hydroxyl groups excluding tert-OH is 1. The summed E-state index contributed by atoms with van der Waals surface area (Å²) in [6.45, 7) is 15.3. The van der Waals surface area contributed by atoms with Crippen LogP contribution in [0.15, 0.2) is 29.5 Å². The van der Waals surface area contributed by atoms with Crippen molar-refractivity contribution in [1.82, 2.24) is 4.90 Å². The summed E-state index contributed by atoms with van der Waals surface area (Å²) in [6.07, 6.45) is 3.87. The average molecular weight is 278 g/mol. The van der Waals surface area contributed by atoms with Gasteiger partial charge in [0.25, 0.3) is 0 Å². The van der Waals surface area contributed by atoms with Crippen LogP contribution in [0.5, 0.6) is 0 Å². The van der Waals surface area contributed by atoms with E-state index < -0.39 is 0 Å². The van der Waals surface area contributed by atoms with Gasteiger partial charge in [-0.05, 0) is 38.8 Å². The van der Waals surface area contributed by atoms with Crippen molar-refractivity contribution in [1.29, 1.82) is 0 Å². The minimum Gasteiger partial charge on any atom is -0.511 e. The van der Waals surface area contributed by atoms with Crippen molar-refractivity contribution in [3.63, 3.8) is 0 Å². The lowest BCUT2D eigenvalue weighted by Gasteiger charge is -2.37.